The van der Waals surface area contributed by atoms with Crippen LogP contribution in [0.3, 0.4) is 0 Å². The van der Waals surface area contributed by atoms with Crippen molar-refractivity contribution in [3.63, 3.8) is 0 Å². The molecular formula is C3H5N4ORf-. The molecule has 6 heteroatoms. The van der Waals surface area contributed by atoms with Gasteiger partial charge in [0, 0.05) is 6.67 Å². The second-order valence-electron chi connectivity index (χ2n) is 1.27. The predicted octanol–water partition coefficient (Wildman–Crippen LogP) is -0.645. The Labute approximate surface area is 46.0 Å². The van der Waals surface area contributed by atoms with E-state index >= 15 is 0 Å². The summed E-state index contributed by atoms with van der Waals surface area (Å²) in [5.74, 6) is 0.144. The molecule has 0 aromatic heterocycles. The van der Waals surface area contributed by atoms with Crippen LogP contribution in [0.15, 0.2) is 4.99 Å². The topological polar surface area (TPSA) is 81.6 Å². The van der Waals surface area contributed by atoms with Crippen molar-refractivity contribution >= 4 is 12.0 Å². The molecule has 0 aromatic carbocycles. The normalized spacial score (nSPS) is 16.4. The molecule has 0 saturated heterocycles. The molecule has 0 unspecified atom stereocenters. The Morgan fingerprint density at radius 1 is 1.78 bits per heavy atom. The number of aliphatic imine (C=N–C) groups is 1. The van der Waals surface area contributed by atoms with E-state index in [1.807, 2.05) is 0 Å². The second-order valence-corrected chi connectivity index (χ2v) is 1.27. The van der Waals surface area contributed by atoms with Crippen LogP contribution in [0.2, 0.25) is 0 Å². The molecule has 2 amide bonds. The average molecular weight is 380 g/mol. The Morgan fingerprint density at radius 3 is 2.78 bits per heavy atom. The van der Waals surface area contributed by atoms with E-state index in [0.717, 1.165) is 0 Å². The van der Waals surface area contributed by atoms with E-state index in [4.69, 9.17) is 5.73 Å². The molecule has 46 valence electrons. The van der Waals surface area contributed by atoms with E-state index in [0.29, 0.717) is 0 Å². The van der Waals surface area contributed by atoms with Crippen LogP contribution in [-0.4, -0.2) is 18.7 Å². The van der Waals surface area contributed by atoms with Crippen molar-refractivity contribution in [3.8, 4) is 0 Å². The zero-order chi connectivity index (χ0) is 5.98. The zero-order valence-electron chi connectivity index (χ0n) is 4.79. The maximum absolute atomic E-state index is 10.2. The molecular weight excluding hydrogens is 375 g/mol. The van der Waals surface area contributed by atoms with Crippen LogP contribution in [0.5, 0.6) is 0 Å². The fourth-order valence-electron chi connectivity index (χ4n) is 0.364. The second kappa shape index (κ2) is 2.15. The maximum atomic E-state index is 10.2. The van der Waals surface area contributed by atoms with Crippen molar-refractivity contribution in [2.24, 2.45) is 10.7 Å². The molecule has 1 rings (SSSR count). The van der Waals surface area contributed by atoms with Crippen LogP contribution >= 0.6 is 0 Å². The molecule has 0 bridgehead atoms. The Hall–Kier alpha value is -2.26. The molecule has 0 aromatic rings. The number of carbonyl (C=O) groups is 1. The number of rotatable bonds is 0. The van der Waals surface area contributed by atoms with Crippen LogP contribution in [0.25, 0.3) is 5.32 Å². The molecule has 0 saturated carbocycles. The summed E-state index contributed by atoms with van der Waals surface area (Å²) < 4.78 is 0. The summed E-state index contributed by atoms with van der Waals surface area (Å²) in [6.45, 7) is 0.150. The third kappa shape index (κ3) is 1.34. The van der Waals surface area contributed by atoms with Crippen molar-refractivity contribution in [1.29, 1.82) is 0 Å². The van der Waals surface area contributed by atoms with Crippen molar-refractivity contribution in [3.05, 3.63) is 5.32 Å². The first-order chi connectivity index (χ1) is 3.79. The van der Waals surface area contributed by atoms with Gasteiger partial charge in [-0.15, -0.1) is 0 Å². The zero-order valence-corrected chi connectivity index (χ0v) is 11.2. The quantitative estimate of drug-likeness (QED) is 0.586. The molecule has 1 heterocycles. The van der Waals surface area contributed by atoms with Gasteiger partial charge in [0.1, 0.15) is 5.96 Å². The first-order valence-electron chi connectivity index (χ1n) is 2.07. The van der Waals surface area contributed by atoms with Gasteiger partial charge in [-0.25, -0.2) is 0 Å². The third-order valence-electron chi connectivity index (χ3n) is 0.690. The van der Waals surface area contributed by atoms with Crippen molar-refractivity contribution in [2.75, 3.05) is 6.67 Å². The monoisotopic (exact) mass is 380 g/mol. The minimum atomic E-state index is -0.419. The molecule has 5 nitrogen and oxygen atoms in total. The van der Waals surface area contributed by atoms with Crippen LogP contribution in [0.1, 0.15) is 0 Å². The fourth-order valence-corrected chi connectivity index (χ4v) is 0.364. The van der Waals surface area contributed by atoms with E-state index in [1.165, 1.54) is 0 Å². The van der Waals surface area contributed by atoms with Gasteiger partial charge in [0.25, 0.3) is 0 Å². The first-order valence-corrected chi connectivity index (χ1v) is 2.07. The molecule has 0 radical (unpaired) electrons. The third-order valence-corrected chi connectivity index (χ3v) is 0.690. The first kappa shape index (κ1) is 6.74. The minimum absolute atomic E-state index is 0. The van der Waals surface area contributed by atoms with Gasteiger partial charge in [0.15, 0.2) is 6.03 Å². The van der Waals surface area contributed by atoms with E-state index in [9.17, 15) is 4.79 Å². The Bertz CT molecular complexity index is 145. The number of urea groups is 1. The van der Waals surface area contributed by atoms with E-state index < -0.39 is 6.03 Å². The summed E-state index contributed by atoms with van der Waals surface area (Å²) in [6.07, 6.45) is 0. The van der Waals surface area contributed by atoms with Gasteiger partial charge >= 0.3 is 0 Å². The fraction of sp³-hybridized carbons (Fsp3) is 0.333. The number of guanidine groups is 1. The molecule has 1 aliphatic rings. The molecule has 3 N–H and O–H groups in total. The predicted molar refractivity (Wildman–Crippen MR) is 28.4 cm³/mol. The summed E-state index contributed by atoms with van der Waals surface area (Å²) in [6, 6.07) is -0.419. The summed E-state index contributed by atoms with van der Waals surface area (Å²) in [5.41, 5.74) is 5.08. The van der Waals surface area contributed by atoms with E-state index in [-0.39, 0.29) is 12.6 Å². The summed E-state index contributed by atoms with van der Waals surface area (Å²) in [7, 11) is 0. The van der Waals surface area contributed by atoms with Crippen LogP contribution in [0, 0.1) is 0 Å². The van der Waals surface area contributed by atoms with Crippen molar-refractivity contribution < 1.29 is 4.79 Å². The van der Waals surface area contributed by atoms with Gasteiger partial charge in [0.2, 0.25) is 0 Å². The van der Waals surface area contributed by atoms with Gasteiger partial charge in [0.05, 0.1) is 0 Å². The molecule has 0 spiro atoms. The number of hydrogen-bond acceptors (Lipinski definition) is 3. The SMILES string of the molecule is NC1=NC[N-]C(=O)N1.[Rf]. The summed E-state index contributed by atoms with van der Waals surface area (Å²) >= 11 is 0. The Morgan fingerprint density at radius 2 is 2.44 bits per heavy atom. The molecule has 9 heavy (non-hydrogen) atoms. The number of carbonyl (C=O) groups excluding carboxylic acids is 1. The maximum Gasteiger partial charge on any atom is 0.160 e. The van der Waals surface area contributed by atoms with Gasteiger partial charge in [-0.3, -0.25) is 9.79 Å². The Balaban J connectivity index is 0.000000640. The smallest absolute Gasteiger partial charge is 0.160 e. The standard InChI is InChI=1S/C3H6N4O.Rf/c4-2-5-1-6-3(8)7-2;/h1H2,(H4,4,5,6,7,8);/p-1. The summed E-state index contributed by atoms with van der Waals surface area (Å²) in [4.78, 5) is 13.8. The van der Waals surface area contributed by atoms with Crippen LogP contribution in [-0.2, 0) is 0 Å². The molecule has 0 atom stereocenters. The number of hydrogen-bond donors (Lipinski definition) is 2. The van der Waals surface area contributed by atoms with E-state index in [1.54, 1.807) is 0 Å². The molecule has 0 aliphatic carbocycles. The number of amides is 2. The summed E-state index contributed by atoms with van der Waals surface area (Å²) in [5, 5.41) is 5.56. The van der Waals surface area contributed by atoms with Gasteiger partial charge in [-0.05, 0) is 0 Å². The van der Waals surface area contributed by atoms with Crippen LogP contribution < -0.4 is 11.1 Å². The van der Waals surface area contributed by atoms with Crippen molar-refractivity contribution in [1.82, 2.24) is 5.32 Å². The number of nitrogens with one attached hydrogen (secondary N) is 1. The average Bonchev–Trinajstić information content (AvgIpc) is 1.64. The van der Waals surface area contributed by atoms with Gasteiger partial charge in [-0.1, -0.05) is 0 Å². The van der Waals surface area contributed by atoms with Crippen LogP contribution in [0.4, 0.5) is 4.79 Å². The van der Waals surface area contributed by atoms with Gasteiger partial charge in [-0.2, -0.15) is 0 Å². The van der Waals surface area contributed by atoms with E-state index in [2.05, 4.69) is 15.6 Å². The van der Waals surface area contributed by atoms with Crippen molar-refractivity contribution in [2.45, 2.75) is 0 Å². The molecule has 1 aliphatic heterocycles. The molecule has 0 fully saturated rings. The number of nitrogens with zero attached hydrogens (tertiary/aromatic N) is 2. The Kier molecular flexibility index (Phi) is 1.61. The van der Waals surface area contributed by atoms with Gasteiger partial charge < -0.3 is 16.4 Å². The number of nitrogens with two attached hydrogens (primary N) is 1. The largest absolute Gasteiger partial charge is 0.410 e. The minimum Gasteiger partial charge on any atom is -0.410 e.